The SMILES string of the molecule is O=C(/C=C/c1ccco1)NCc1cc(Cl)c(C(=O)N[C@@H](CNC(=O)[C@@H]2CSCN2)C(=O)O)c(Cl)c1. The van der Waals surface area contributed by atoms with E-state index in [-0.39, 0.29) is 40.5 Å². The molecule has 35 heavy (non-hydrogen) atoms. The Hall–Kier alpha value is -2.99. The van der Waals surface area contributed by atoms with E-state index in [0.717, 1.165) is 0 Å². The van der Waals surface area contributed by atoms with Crippen LogP contribution in [-0.2, 0) is 20.9 Å². The van der Waals surface area contributed by atoms with E-state index < -0.39 is 24.0 Å². The number of carboxylic acids is 1. The van der Waals surface area contributed by atoms with Crippen LogP contribution in [-0.4, -0.2) is 59.1 Å². The third-order valence-electron chi connectivity index (χ3n) is 4.85. The molecule has 0 radical (unpaired) electrons. The summed E-state index contributed by atoms with van der Waals surface area (Å²) in [5.41, 5.74) is 0.410. The zero-order valence-corrected chi connectivity index (χ0v) is 20.5. The average Bonchev–Trinajstić information content (AvgIpc) is 3.52. The third kappa shape index (κ3) is 7.76. The summed E-state index contributed by atoms with van der Waals surface area (Å²) >= 11 is 14.0. The fourth-order valence-electron chi connectivity index (χ4n) is 3.06. The van der Waals surface area contributed by atoms with Crippen LogP contribution in [0.5, 0.6) is 0 Å². The topological polar surface area (TPSA) is 150 Å². The van der Waals surface area contributed by atoms with Crippen LogP contribution in [0.3, 0.4) is 0 Å². The molecule has 0 saturated carbocycles. The molecule has 1 aliphatic heterocycles. The molecule has 1 saturated heterocycles. The number of hydrogen-bond acceptors (Lipinski definition) is 7. The van der Waals surface area contributed by atoms with Gasteiger partial charge in [0, 0.05) is 30.8 Å². The van der Waals surface area contributed by atoms with Crippen molar-refractivity contribution in [1.29, 1.82) is 0 Å². The maximum atomic E-state index is 12.7. The van der Waals surface area contributed by atoms with Gasteiger partial charge in [0.1, 0.15) is 11.8 Å². The minimum atomic E-state index is -1.40. The molecule has 0 unspecified atom stereocenters. The first-order valence-corrected chi connectivity index (χ1v) is 12.3. The molecule has 0 aliphatic carbocycles. The van der Waals surface area contributed by atoms with E-state index in [2.05, 4.69) is 21.3 Å². The van der Waals surface area contributed by atoms with Crippen molar-refractivity contribution in [3.05, 3.63) is 63.5 Å². The quantitative estimate of drug-likeness (QED) is 0.286. The molecule has 1 aromatic heterocycles. The van der Waals surface area contributed by atoms with Crippen LogP contribution >= 0.6 is 35.0 Å². The van der Waals surface area contributed by atoms with Crippen LogP contribution in [0.25, 0.3) is 6.08 Å². The Morgan fingerprint density at radius 3 is 2.57 bits per heavy atom. The van der Waals surface area contributed by atoms with Gasteiger partial charge in [0.2, 0.25) is 11.8 Å². The van der Waals surface area contributed by atoms with E-state index in [1.807, 2.05) is 0 Å². The molecule has 1 aromatic carbocycles. The van der Waals surface area contributed by atoms with Gasteiger partial charge in [0.05, 0.1) is 27.9 Å². The number of benzene rings is 1. The number of halogens is 2. The first kappa shape index (κ1) is 26.6. The van der Waals surface area contributed by atoms with Crippen molar-refractivity contribution in [1.82, 2.24) is 21.3 Å². The molecule has 3 rings (SSSR count). The van der Waals surface area contributed by atoms with E-state index in [1.165, 1.54) is 30.5 Å². The van der Waals surface area contributed by atoms with Crippen molar-refractivity contribution in [3.8, 4) is 0 Å². The van der Waals surface area contributed by atoms with Gasteiger partial charge >= 0.3 is 5.97 Å². The average molecular weight is 541 g/mol. The lowest BCUT2D eigenvalue weighted by molar-refractivity contribution is -0.139. The largest absolute Gasteiger partial charge is 0.480 e. The van der Waals surface area contributed by atoms with Crippen molar-refractivity contribution in [2.24, 2.45) is 0 Å². The molecule has 2 heterocycles. The normalized spacial score (nSPS) is 16.1. The molecule has 13 heteroatoms. The summed E-state index contributed by atoms with van der Waals surface area (Å²) in [5, 5.41) is 19.9. The van der Waals surface area contributed by atoms with Gasteiger partial charge in [-0.15, -0.1) is 11.8 Å². The van der Waals surface area contributed by atoms with Gasteiger partial charge in [-0.1, -0.05) is 23.2 Å². The van der Waals surface area contributed by atoms with Crippen molar-refractivity contribution in [2.45, 2.75) is 18.6 Å². The van der Waals surface area contributed by atoms with E-state index in [4.69, 9.17) is 27.6 Å². The Kier molecular flexibility index (Phi) is 9.61. The lowest BCUT2D eigenvalue weighted by Gasteiger charge is -2.18. The van der Waals surface area contributed by atoms with E-state index in [9.17, 15) is 24.3 Å². The highest BCUT2D eigenvalue weighted by atomic mass is 35.5. The van der Waals surface area contributed by atoms with Gasteiger partial charge in [-0.05, 0) is 35.9 Å². The maximum absolute atomic E-state index is 12.7. The van der Waals surface area contributed by atoms with Crippen LogP contribution in [0, 0.1) is 0 Å². The number of hydrogen-bond donors (Lipinski definition) is 5. The molecule has 1 fully saturated rings. The molecular weight excluding hydrogens is 519 g/mol. The summed E-state index contributed by atoms with van der Waals surface area (Å²) in [5.74, 6) is -1.14. The molecule has 0 bridgehead atoms. The van der Waals surface area contributed by atoms with Crippen LogP contribution in [0.1, 0.15) is 21.7 Å². The molecule has 3 amide bonds. The Balaban J connectivity index is 1.58. The maximum Gasteiger partial charge on any atom is 0.328 e. The first-order chi connectivity index (χ1) is 16.7. The van der Waals surface area contributed by atoms with E-state index in [1.54, 1.807) is 23.9 Å². The zero-order chi connectivity index (χ0) is 25.4. The highest BCUT2D eigenvalue weighted by molar-refractivity contribution is 7.99. The number of furan rings is 1. The number of nitrogens with one attached hydrogen (secondary N) is 4. The van der Waals surface area contributed by atoms with Crippen LogP contribution in [0.15, 0.2) is 41.0 Å². The van der Waals surface area contributed by atoms with Crippen molar-refractivity contribution >= 4 is 64.7 Å². The number of aliphatic carboxylic acids is 1. The monoisotopic (exact) mass is 540 g/mol. The van der Waals surface area contributed by atoms with Gasteiger partial charge in [0.15, 0.2) is 0 Å². The number of carbonyl (C=O) groups excluding carboxylic acids is 3. The standard InChI is InChI=1S/C22H22Cl2N4O6S/c23-14-6-12(8-25-18(29)4-3-13-2-1-5-34-13)7-15(24)19(14)21(31)28-16(22(32)33)9-26-20(30)17-10-35-11-27-17/h1-7,16-17,27H,8-11H2,(H,25,29)(H,26,30)(H,28,31)(H,32,33)/b4-3+/t16-,17-/m0/s1. The smallest absolute Gasteiger partial charge is 0.328 e. The summed E-state index contributed by atoms with van der Waals surface area (Å²) in [4.78, 5) is 48.4. The number of carboxylic acid groups (broad SMARTS) is 1. The molecule has 10 nitrogen and oxygen atoms in total. The van der Waals surface area contributed by atoms with Gasteiger partial charge in [-0.2, -0.15) is 0 Å². The predicted octanol–water partition coefficient (Wildman–Crippen LogP) is 1.88. The number of carbonyl (C=O) groups is 4. The summed E-state index contributed by atoms with van der Waals surface area (Å²) in [6, 6.07) is 4.47. The van der Waals surface area contributed by atoms with Gasteiger partial charge in [-0.25, -0.2) is 4.79 Å². The Morgan fingerprint density at radius 2 is 1.97 bits per heavy atom. The molecule has 2 aromatic rings. The highest BCUT2D eigenvalue weighted by Crippen LogP contribution is 2.27. The van der Waals surface area contributed by atoms with Crippen LogP contribution in [0.4, 0.5) is 0 Å². The van der Waals surface area contributed by atoms with Crippen molar-refractivity contribution < 1.29 is 28.7 Å². The molecule has 0 spiro atoms. The lowest BCUT2D eigenvalue weighted by Crippen LogP contribution is -2.51. The molecule has 186 valence electrons. The predicted molar refractivity (Wildman–Crippen MR) is 132 cm³/mol. The van der Waals surface area contributed by atoms with Crippen molar-refractivity contribution in [3.63, 3.8) is 0 Å². The number of rotatable bonds is 10. The molecule has 1 aliphatic rings. The summed E-state index contributed by atoms with van der Waals surface area (Å²) in [6.07, 6.45) is 4.30. The Bertz CT molecular complexity index is 1100. The molecule has 2 atom stereocenters. The summed E-state index contributed by atoms with van der Waals surface area (Å²) in [6.45, 7) is -0.229. The Morgan fingerprint density at radius 1 is 1.23 bits per heavy atom. The van der Waals surface area contributed by atoms with Crippen LogP contribution in [0.2, 0.25) is 10.0 Å². The van der Waals surface area contributed by atoms with E-state index >= 15 is 0 Å². The second-order valence-electron chi connectivity index (χ2n) is 7.38. The first-order valence-electron chi connectivity index (χ1n) is 10.3. The molecular formula is C22H22Cl2N4O6S. The van der Waals surface area contributed by atoms with Gasteiger partial charge in [0.25, 0.3) is 5.91 Å². The lowest BCUT2D eigenvalue weighted by atomic mass is 10.1. The zero-order valence-electron chi connectivity index (χ0n) is 18.2. The third-order valence-corrected chi connectivity index (χ3v) is 6.39. The van der Waals surface area contributed by atoms with Crippen LogP contribution < -0.4 is 21.3 Å². The second-order valence-corrected chi connectivity index (χ2v) is 9.23. The van der Waals surface area contributed by atoms with Gasteiger partial charge in [-0.3, -0.25) is 19.7 Å². The van der Waals surface area contributed by atoms with Gasteiger partial charge < -0.3 is 25.5 Å². The highest BCUT2D eigenvalue weighted by Gasteiger charge is 2.27. The number of thioether (sulfide) groups is 1. The Labute approximate surface area is 214 Å². The second kappa shape index (κ2) is 12.6. The summed E-state index contributed by atoms with van der Waals surface area (Å²) < 4.78 is 5.11. The molecule has 5 N–H and O–H groups in total. The van der Waals surface area contributed by atoms with Crippen molar-refractivity contribution in [2.75, 3.05) is 18.2 Å². The number of amides is 3. The summed E-state index contributed by atoms with van der Waals surface area (Å²) in [7, 11) is 0. The van der Waals surface area contributed by atoms with E-state index in [0.29, 0.717) is 23.0 Å². The minimum absolute atomic E-state index is 0.0225. The minimum Gasteiger partial charge on any atom is -0.480 e. The fourth-order valence-corrected chi connectivity index (χ4v) is 4.70. The fraction of sp³-hybridized carbons (Fsp3) is 0.273.